The van der Waals surface area contributed by atoms with Crippen LogP contribution in [0.15, 0.2) is 54.4 Å². The highest BCUT2D eigenvalue weighted by Gasteiger charge is 2.32. The number of ketones is 1. The molecule has 0 radical (unpaired) electrons. The summed E-state index contributed by atoms with van der Waals surface area (Å²) in [5.74, 6) is 0.347. The summed E-state index contributed by atoms with van der Waals surface area (Å²) in [6, 6.07) is 8.94. The highest BCUT2D eigenvalue weighted by Crippen LogP contribution is 2.38. The number of allylic oxidation sites excluding steroid dienone is 2. The Morgan fingerprint density at radius 2 is 1.81 bits per heavy atom. The number of ether oxygens (including phenoxy) is 1. The van der Waals surface area contributed by atoms with Gasteiger partial charge in [0.15, 0.2) is 5.78 Å². The Bertz CT molecular complexity index is 701. The van der Waals surface area contributed by atoms with Crippen LogP contribution in [0.4, 0.5) is 0 Å². The Labute approximate surface area is 155 Å². The molecule has 0 bridgehead atoms. The fraction of sp³-hybridized carbons (Fsp3) is 0.455. The van der Waals surface area contributed by atoms with Gasteiger partial charge >= 0.3 is 5.97 Å². The number of nitrogens with zero attached hydrogens (tertiary/aromatic N) is 1. The first kappa shape index (κ1) is 18.4. The number of benzene rings is 1. The minimum Gasteiger partial charge on any atom is -0.467 e. The summed E-state index contributed by atoms with van der Waals surface area (Å²) in [5, 5.41) is 0. The molecular formula is C22H27NO3. The maximum absolute atomic E-state index is 13.2. The predicted molar refractivity (Wildman–Crippen MR) is 101 cm³/mol. The second-order valence-corrected chi connectivity index (χ2v) is 7.19. The van der Waals surface area contributed by atoms with Crippen LogP contribution < -0.4 is 0 Å². The minimum absolute atomic E-state index is 0.0487. The predicted octanol–water partition coefficient (Wildman–Crippen LogP) is 4.34. The van der Waals surface area contributed by atoms with Crippen LogP contribution >= 0.6 is 0 Å². The van der Waals surface area contributed by atoms with Gasteiger partial charge in [0, 0.05) is 29.5 Å². The number of carbonyl (C=O) groups excluding carboxylic acids is 2. The monoisotopic (exact) mass is 353 g/mol. The lowest BCUT2D eigenvalue weighted by atomic mass is 9.74. The average molecular weight is 353 g/mol. The Hall–Kier alpha value is -2.36. The quantitative estimate of drug-likeness (QED) is 0.583. The van der Waals surface area contributed by atoms with E-state index in [1.54, 1.807) is 11.8 Å². The van der Waals surface area contributed by atoms with E-state index in [2.05, 4.69) is 6.08 Å². The van der Waals surface area contributed by atoms with Gasteiger partial charge in [0.25, 0.3) is 0 Å². The van der Waals surface area contributed by atoms with E-state index in [1.165, 1.54) is 26.4 Å². The van der Waals surface area contributed by atoms with Crippen LogP contribution in [0.1, 0.15) is 49.4 Å². The number of hydrogen-bond acceptors (Lipinski definition) is 4. The zero-order valence-corrected chi connectivity index (χ0v) is 15.6. The van der Waals surface area contributed by atoms with Gasteiger partial charge in [0.2, 0.25) is 0 Å². The van der Waals surface area contributed by atoms with Crippen molar-refractivity contribution in [1.29, 1.82) is 0 Å². The van der Waals surface area contributed by atoms with E-state index in [-0.39, 0.29) is 17.7 Å². The van der Waals surface area contributed by atoms with E-state index in [0.29, 0.717) is 11.5 Å². The summed E-state index contributed by atoms with van der Waals surface area (Å²) in [5.41, 5.74) is 1.47. The Morgan fingerprint density at radius 1 is 1.12 bits per heavy atom. The fourth-order valence-electron chi connectivity index (χ4n) is 3.99. The lowest BCUT2D eigenvalue weighted by Gasteiger charge is -2.35. The molecule has 0 N–H and O–H groups in total. The molecule has 1 heterocycles. The van der Waals surface area contributed by atoms with Gasteiger partial charge in [0.1, 0.15) is 6.04 Å². The van der Waals surface area contributed by atoms with Crippen molar-refractivity contribution in [3.05, 3.63) is 59.9 Å². The topological polar surface area (TPSA) is 46.6 Å². The van der Waals surface area contributed by atoms with E-state index in [9.17, 15) is 9.59 Å². The molecule has 0 amide bonds. The summed E-state index contributed by atoms with van der Waals surface area (Å²) >= 11 is 0. The van der Waals surface area contributed by atoms with Crippen LogP contribution in [0.5, 0.6) is 0 Å². The van der Waals surface area contributed by atoms with Gasteiger partial charge in [-0.1, -0.05) is 55.7 Å². The molecule has 4 heteroatoms. The first-order valence-corrected chi connectivity index (χ1v) is 9.47. The second-order valence-electron chi connectivity index (χ2n) is 7.19. The van der Waals surface area contributed by atoms with Crippen molar-refractivity contribution in [3.63, 3.8) is 0 Å². The van der Waals surface area contributed by atoms with Gasteiger partial charge in [-0.25, -0.2) is 4.79 Å². The van der Waals surface area contributed by atoms with Crippen molar-refractivity contribution in [2.45, 2.75) is 45.1 Å². The molecule has 1 fully saturated rings. The summed E-state index contributed by atoms with van der Waals surface area (Å²) in [7, 11) is 1.39. The second kappa shape index (κ2) is 8.35. The number of esters is 1. The third-order valence-electron chi connectivity index (χ3n) is 5.56. The van der Waals surface area contributed by atoms with E-state index >= 15 is 0 Å². The molecule has 0 aromatic heterocycles. The molecule has 0 spiro atoms. The number of Topliss-reactive ketones (excluding diaryl/α,β-unsaturated/α-hetero) is 1. The maximum atomic E-state index is 13.2. The van der Waals surface area contributed by atoms with Gasteiger partial charge in [-0.3, -0.25) is 4.79 Å². The summed E-state index contributed by atoms with van der Waals surface area (Å²) in [6.07, 6.45) is 11.9. The lowest BCUT2D eigenvalue weighted by molar-refractivity contribution is -0.144. The third-order valence-corrected chi connectivity index (χ3v) is 5.56. The highest BCUT2D eigenvalue weighted by atomic mass is 16.5. The van der Waals surface area contributed by atoms with E-state index in [1.807, 2.05) is 42.7 Å². The molecule has 4 nitrogen and oxygen atoms in total. The van der Waals surface area contributed by atoms with Crippen LogP contribution in [0.25, 0.3) is 0 Å². The van der Waals surface area contributed by atoms with E-state index in [4.69, 9.17) is 4.74 Å². The number of methoxy groups -OCH3 is 1. The molecule has 2 unspecified atom stereocenters. The van der Waals surface area contributed by atoms with Crippen molar-refractivity contribution >= 4 is 11.8 Å². The molecule has 138 valence electrons. The Morgan fingerprint density at radius 3 is 2.46 bits per heavy atom. The maximum Gasteiger partial charge on any atom is 0.328 e. The molecule has 26 heavy (non-hydrogen) atoms. The average Bonchev–Trinajstić information content (AvgIpc) is 2.73. The van der Waals surface area contributed by atoms with Crippen molar-refractivity contribution < 1.29 is 14.3 Å². The van der Waals surface area contributed by atoms with Crippen molar-refractivity contribution in [2.24, 2.45) is 11.8 Å². The van der Waals surface area contributed by atoms with Gasteiger partial charge in [-0.2, -0.15) is 0 Å². The van der Waals surface area contributed by atoms with Crippen LogP contribution in [-0.4, -0.2) is 29.8 Å². The van der Waals surface area contributed by atoms with Crippen LogP contribution in [0.2, 0.25) is 0 Å². The number of hydrogen-bond donors (Lipinski definition) is 0. The summed E-state index contributed by atoms with van der Waals surface area (Å²) in [4.78, 5) is 26.9. The molecule has 2 aliphatic rings. The minimum atomic E-state index is -0.456. The highest BCUT2D eigenvalue weighted by molar-refractivity contribution is 6.09. The van der Waals surface area contributed by atoms with Crippen LogP contribution in [0.3, 0.4) is 0 Å². The summed E-state index contributed by atoms with van der Waals surface area (Å²) in [6.45, 7) is 1.79. The van der Waals surface area contributed by atoms with E-state index < -0.39 is 6.04 Å². The standard InChI is InChI=1S/C22H27NO3/c1-16(22(25)26-2)23-14-13-19(17-9-5-3-6-10-17)20(15-23)21(24)18-11-7-4-8-12-18/h4,7-8,11-17,19H,3,5-6,9-10H2,1-2H3. The third kappa shape index (κ3) is 3.90. The molecule has 0 saturated heterocycles. The Balaban J connectivity index is 1.91. The zero-order valence-electron chi connectivity index (χ0n) is 15.6. The smallest absolute Gasteiger partial charge is 0.328 e. The van der Waals surface area contributed by atoms with Gasteiger partial charge in [-0.05, 0) is 25.7 Å². The van der Waals surface area contributed by atoms with Crippen molar-refractivity contribution in [1.82, 2.24) is 4.90 Å². The Kier molecular flexibility index (Phi) is 5.92. The van der Waals surface area contributed by atoms with Gasteiger partial charge in [-0.15, -0.1) is 0 Å². The van der Waals surface area contributed by atoms with Gasteiger partial charge < -0.3 is 9.64 Å². The van der Waals surface area contributed by atoms with Crippen LogP contribution in [-0.2, 0) is 9.53 Å². The molecule has 3 rings (SSSR count). The summed E-state index contributed by atoms with van der Waals surface area (Å²) < 4.78 is 4.86. The first-order valence-electron chi connectivity index (χ1n) is 9.47. The van der Waals surface area contributed by atoms with Crippen LogP contribution in [0, 0.1) is 11.8 Å². The number of carbonyl (C=O) groups is 2. The lowest BCUT2D eigenvalue weighted by Crippen LogP contribution is -2.36. The van der Waals surface area contributed by atoms with E-state index in [0.717, 1.165) is 18.4 Å². The number of rotatable bonds is 5. The van der Waals surface area contributed by atoms with Crippen molar-refractivity contribution in [3.8, 4) is 0 Å². The largest absolute Gasteiger partial charge is 0.467 e. The molecule has 1 aromatic rings. The molecule has 1 aliphatic carbocycles. The molecule has 1 aliphatic heterocycles. The fourth-order valence-corrected chi connectivity index (χ4v) is 3.99. The zero-order chi connectivity index (χ0) is 18.5. The SMILES string of the molecule is COC(=O)C(C)N1C=CC(C2CCCCC2)C(C(=O)c2ccccc2)=C1. The molecule has 1 aromatic carbocycles. The van der Waals surface area contributed by atoms with Gasteiger partial charge in [0.05, 0.1) is 7.11 Å². The molecule has 2 atom stereocenters. The normalized spacial score (nSPS) is 21.8. The molecular weight excluding hydrogens is 326 g/mol. The van der Waals surface area contributed by atoms with Crippen molar-refractivity contribution in [2.75, 3.05) is 7.11 Å². The first-order chi connectivity index (χ1) is 12.6. The molecule has 1 saturated carbocycles.